The van der Waals surface area contributed by atoms with Crippen LogP contribution in [0, 0.1) is 18.8 Å². The molecular formula is C18H26N6O2. The summed E-state index contributed by atoms with van der Waals surface area (Å²) in [6, 6.07) is 7.10. The molecule has 8 heteroatoms. The highest BCUT2D eigenvalue weighted by Crippen LogP contribution is 2.15. The van der Waals surface area contributed by atoms with E-state index in [0.717, 1.165) is 11.3 Å². The zero-order valence-electron chi connectivity index (χ0n) is 15.3. The largest absolute Gasteiger partial charge is 0.369 e. The van der Waals surface area contributed by atoms with Crippen LogP contribution in [0.3, 0.4) is 0 Å². The van der Waals surface area contributed by atoms with Gasteiger partial charge in [0.2, 0.25) is 17.8 Å². The predicted octanol–water partition coefficient (Wildman–Crippen LogP) is 0.766. The highest BCUT2D eigenvalue weighted by atomic mass is 16.1. The van der Waals surface area contributed by atoms with Crippen molar-refractivity contribution in [3.05, 3.63) is 29.8 Å². The van der Waals surface area contributed by atoms with Crippen LogP contribution in [0.5, 0.6) is 0 Å². The van der Waals surface area contributed by atoms with Crippen molar-refractivity contribution >= 4 is 29.3 Å². The summed E-state index contributed by atoms with van der Waals surface area (Å²) in [6.45, 7) is 6.12. The van der Waals surface area contributed by atoms with Crippen molar-refractivity contribution in [2.24, 2.45) is 33.3 Å². The number of benzene rings is 1. The molecule has 2 rings (SSSR count). The number of anilines is 1. The topological polar surface area (TPSA) is 135 Å². The second kappa shape index (κ2) is 8.46. The number of hydrogen-bond acceptors (Lipinski definition) is 6. The van der Waals surface area contributed by atoms with Crippen molar-refractivity contribution in [3.63, 3.8) is 0 Å². The minimum absolute atomic E-state index is 0.155. The number of rotatable bonds is 6. The molecular weight excluding hydrogens is 332 g/mol. The number of carbonyl (C=O) groups excluding carboxylic acids is 2. The maximum absolute atomic E-state index is 11.7. The van der Waals surface area contributed by atoms with Crippen molar-refractivity contribution < 1.29 is 9.59 Å². The Balaban J connectivity index is 2.22. The minimum atomic E-state index is -0.654. The molecule has 0 spiro atoms. The Morgan fingerprint density at radius 2 is 2.04 bits per heavy atom. The zero-order chi connectivity index (χ0) is 19.3. The van der Waals surface area contributed by atoms with Gasteiger partial charge in [-0.15, -0.1) is 0 Å². The third-order valence-corrected chi connectivity index (χ3v) is 3.97. The van der Waals surface area contributed by atoms with Crippen LogP contribution in [0.15, 0.2) is 34.3 Å². The van der Waals surface area contributed by atoms with Gasteiger partial charge in [-0.05, 0) is 37.0 Å². The summed E-state index contributed by atoms with van der Waals surface area (Å²) in [5, 5.41) is 6.11. The number of aliphatic imine (C=N–C) groups is 2. The number of primary amides is 2. The van der Waals surface area contributed by atoms with E-state index in [1.807, 2.05) is 45.0 Å². The van der Waals surface area contributed by atoms with E-state index >= 15 is 0 Å². The molecule has 0 aromatic heterocycles. The van der Waals surface area contributed by atoms with Gasteiger partial charge in [0.25, 0.3) is 0 Å². The van der Waals surface area contributed by atoms with Gasteiger partial charge >= 0.3 is 0 Å². The smallest absolute Gasteiger partial charge is 0.240 e. The maximum atomic E-state index is 11.7. The minimum Gasteiger partial charge on any atom is -0.369 e. The Hall–Kier alpha value is -2.90. The number of amides is 2. The molecule has 1 aromatic rings. The second-order valence-corrected chi connectivity index (χ2v) is 6.84. The molecule has 0 aliphatic carbocycles. The van der Waals surface area contributed by atoms with Gasteiger partial charge in [0.05, 0.1) is 6.54 Å². The van der Waals surface area contributed by atoms with Gasteiger partial charge < -0.3 is 22.1 Å². The van der Waals surface area contributed by atoms with E-state index in [2.05, 4.69) is 20.6 Å². The molecule has 2 atom stereocenters. The van der Waals surface area contributed by atoms with E-state index in [1.54, 1.807) is 0 Å². The Labute approximate surface area is 153 Å². The SMILES string of the molecule is Cc1cccc(NC2=NC(NC(CC(C)C)C(N)=O)=NCC2C(N)=O)c1. The van der Waals surface area contributed by atoms with E-state index in [1.165, 1.54) is 0 Å². The molecule has 0 bridgehead atoms. The first kappa shape index (κ1) is 19.4. The van der Waals surface area contributed by atoms with Crippen molar-refractivity contribution in [1.29, 1.82) is 0 Å². The van der Waals surface area contributed by atoms with Crippen LogP contribution >= 0.6 is 0 Å². The van der Waals surface area contributed by atoms with Crippen LogP contribution in [0.25, 0.3) is 0 Å². The van der Waals surface area contributed by atoms with Gasteiger partial charge in [0, 0.05) is 5.69 Å². The lowest BCUT2D eigenvalue weighted by molar-refractivity contribution is -0.120. The van der Waals surface area contributed by atoms with Crippen molar-refractivity contribution in [3.8, 4) is 0 Å². The van der Waals surface area contributed by atoms with Gasteiger partial charge in [-0.2, -0.15) is 4.99 Å². The summed E-state index contributed by atoms with van der Waals surface area (Å²) in [7, 11) is 0. The molecule has 1 aromatic carbocycles. The number of aryl methyl sites for hydroxylation is 1. The molecule has 2 amide bonds. The average Bonchev–Trinajstić information content (AvgIpc) is 2.53. The molecule has 1 aliphatic heterocycles. The number of amidine groups is 1. The Morgan fingerprint density at radius 3 is 2.62 bits per heavy atom. The quantitative estimate of drug-likeness (QED) is 0.597. The van der Waals surface area contributed by atoms with Gasteiger partial charge in [-0.25, -0.2) is 4.99 Å². The first-order valence-electron chi connectivity index (χ1n) is 8.58. The van der Waals surface area contributed by atoms with Crippen LogP contribution in [0.1, 0.15) is 25.8 Å². The van der Waals surface area contributed by atoms with E-state index in [0.29, 0.717) is 12.3 Å². The lowest BCUT2D eigenvalue weighted by atomic mass is 10.0. The van der Waals surface area contributed by atoms with Crippen LogP contribution in [-0.2, 0) is 9.59 Å². The Morgan fingerprint density at radius 1 is 1.31 bits per heavy atom. The standard InChI is InChI=1S/C18H26N6O2/c1-10(2)7-14(16(20)26)23-18-21-9-13(15(19)25)17(24-18)22-12-6-4-5-11(3)8-12/h4-6,8,10,13-14H,7,9H2,1-3H3,(H2,19,25)(H2,20,26)(H2,21,22,23,24). The fourth-order valence-corrected chi connectivity index (χ4v) is 2.65. The molecule has 2 unspecified atom stereocenters. The molecule has 0 radical (unpaired) electrons. The first-order chi connectivity index (χ1) is 12.3. The molecule has 1 heterocycles. The van der Waals surface area contributed by atoms with Gasteiger partial charge in [-0.1, -0.05) is 26.0 Å². The first-order valence-corrected chi connectivity index (χ1v) is 8.58. The molecule has 1 aliphatic rings. The van der Waals surface area contributed by atoms with E-state index in [4.69, 9.17) is 11.5 Å². The summed E-state index contributed by atoms with van der Waals surface area (Å²) < 4.78 is 0. The number of guanidine groups is 1. The highest BCUT2D eigenvalue weighted by molar-refractivity contribution is 6.14. The van der Waals surface area contributed by atoms with Crippen LogP contribution in [-0.4, -0.2) is 36.2 Å². The van der Waals surface area contributed by atoms with E-state index in [-0.39, 0.29) is 18.4 Å². The third-order valence-electron chi connectivity index (χ3n) is 3.97. The van der Waals surface area contributed by atoms with Crippen LogP contribution in [0.2, 0.25) is 0 Å². The van der Waals surface area contributed by atoms with Gasteiger partial charge in [-0.3, -0.25) is 9.59 Å². The Kier molecular flexibility index (Phi) is 6.32. The predicted molar refractivity (Wildman–Crippen MR) is 103 cm³/mol. The van der Waals surface area contributed by atoms with Gasteiger partial charge in [0.1, 0.15) is 17.8 Å². The number of nitrogens with one attached hydrogen (secondary N) is 2. The third kappa shape index (κ3) is 5.30. The fourth-order valence-electron chi connectivity index (χ4n) is 2.65. The summed E-state index contributed by atoms with van der Waals surface area (Å²) >= 11 is 0. The fraction of sp³-hybridized carbons (Fsp3) is 0.444. The van der Waals surface area contributed by atoms with Crippen molar-refractivity contribution in [1.82, 2.24) is 5.32 Å². The molecule has 0 saturated heterocycles. The Bertz CT molecular complexity index is 741. The monoisotopic (exact) mass is 358 g/mol. The number of carbonyl (C=O) groups is 2. The maximum Gasteiger partial charge on any atom is 0.240 e. The lowest BCUT2D eigenvalue weighted by Gasteiger charge is -2.24. The molecule has 0 fully saturated rings. The summed E-state index contributed by atoms with van der Waals surface area (Å²) in [6.07, 6.45) is 0.559. The molecule has 0 saturated carbocycles. The van der Waals surface area contributed by atoms with Gasteiger partial charge in [0.15, 0.2) is 0 Å². The molecule has 8 nitrogen and oxygen atoms in total. The second-order valence-electron chi connectivity index (χ2n) is 6.84. The van der Waals surface area contributed by atoms with Crippen LogP contribution < -0.4 is 22.1 Å². The van der Waals surface area contributed by atoms with E-state index in [9.17, 15) is 9.59 Å². The number of nitrogens with two attached hydrogens (primary N) is 2. The normalized spacial score (nSPS) is 17.9. The van der Waals surface area contributed by atoms with Crippen molar-refractivity contribution in [2.45, 2.75) is 33.2 Å². The summed E-state index contributed by atoms with van der Waals surface area (Å²) in [4.78, 5) is 32.0. The molecule has 140 valence electrons. The molecule has 6 N–H and O–H groups in total. The lowest BCUT2D eigenvalue weighted by Crippen LogP contribution is -2.48. The zero-order valence-corrected chi connectivity index (χ0v) is 15.3. The molecule has 26 heavy (non-hydrogen) atoms. The van der Waals surface area contributed by atoms with Crippen molar-refractivity contribution in [2.75, 3.05) is 11.9 Å². The summed E-state index contributed by atoms with van der Waals surface area (Å²) in [5.74, 6) is -0.702. The number of hydrogen-bond donors (Lipinski definition) is 4. The highest BCUT2D eigenvalue weighted by Gasteiger charge is 2.28. The number of nitrogens with zero attached hydrogens (tertiary/aromatic N) is 2. The average molecular weight is 358 g/mol. The summed E-state index contributed by atoms with van der Waals surface area (Å²) in [5.41, 5.74) is 12.8. The van der Waals surface area contributed by atoms with Crippen LogP contribution in [0.4, 0.5) is 5.69 Å². The van der Waals surface area contributed by atoms with E-state index < -0.39 is 23.8 Å².